The van der Waals surface area contributed by atoms with Crippen molar-refractivity contribution in [2.45, 2.75) is 27.7 Å². The number of rotatable bonds is 1. The van der Waals surface area contributed by atoms with E-state index in [1.165, 1.54) is 16.0 Å². The van der Waals surface area contributed by atoms with Crippen LogP contribution in [0.3, 0.4) is 0 Å². The number of aryl methyl sites for hydroxylation is 4. The van der Waals surface area contributed by atoms with E-state index in [0.717, 1.165) is 38.3 Å². The van der Waals surface area contributed by atoms with Crippen molar-refractivity contribution in [2.24, 2.45) is 0 Å². The maximum absolute atomic E-state index is 13.0. The van der Waals surface area contributed by atoms with Gasteiger partial charge in [-0.15, -0.1) is 16.4 Å². The second-order valence-corrected chi connectivity index (χ2v) is 7.14. The van der Waals surface area contributed by atoms with Crippen molar-refractivity contribution in [1.29, 1.82) is 0 Å². The van der Waals surface area contributed by atoms with Crippen LogP contribution in [-0.2, 0) is 0 Å². The van der Waals surface area contributed by atoms with Crippen molar-refractivity contribution in [3.63, 3.8) is 0 Å². The Labute approximate surface area is 142 Å². The minimum atomic E-state index is -0.145. The largest absolute Gasteiger partial charge is 0.292 e. The van der Waals surface area contributed by atoms with Crippen LogP contribution in [0, 0.1) is 27.7 Å². The summed E-state index contributed by atoms with van der Waals surface area (Å²) in [6.07, 6.45) is 0. The lowest BCUT2D eigenvalue weighted by Gasteiger charge is -2.07. The lowest BCUT2D eigenvalue weighted by Crippen LogP contribution is -2.22. The maximum atomic E-state index is 13.0. The summed E-state index contributed by atoms with van der Waals surface area (Å²) in [6, 6.07) is 7.97. The van der Waals surface area contributed by atoms with Crippen LogP contribution in [0.25, 0.3) is 26.1 Å². The second-order valence-electron chi connectivity index (χ2n) is 6.14. The first-order valence-corrected chi connectivity index (χ1v) is 8.51. The minimum absolute atomic E-state index is 0.145. The van der Waals surface area contributed by atoms with Gasteiger partial charge in [0, 0.05) is 11.1 Å². The summed E-state index contributed by atoms with van der Waals surface area (Å²) in [7, 11) is 0. The fourth-order valence-corrected chi connectivity index (χ4v) is 4.15. The van der Waals surface area contributed by atoms with Gasteiger partial charge < -0.3 is 0 Å². The molecule has 6 heteroatoms. The number of hydrogen-bond acceptors (Lipinski definition) is 5. The first kappa shape index (κ1) is 15.0. The maximum Gasteiger partial charge on any atom is 0.292 e. The van der Waals surface area contributed by atoms with Crippen molar-refractivity contribution < 1.29 is 0 Å². The molecule has 0 amide bonds. The van der Waals surface area contributed by atoms with Crippen molar-refractivity contribution in [3.05, 3.63) is 57.0 Å². The number of hydrogen-bond donors (Lipinski definition) is 0. The van der Waals surface area contributed by atoms with E-state index in [1.54, 1.807) is 0 Å². The molecule has 4 aromatic rings. The molecule has 5 nitrogen and oxygen atoms in total. The fraction of sp³-hybridized carbons (Fsp3) is 0.222. The van der Waals surface area contributed by atoms with Gasteiger partial charge in [0.25, 0.3) is 5.56 Å². The van der Waals surface area contributed by atoms with Gasteiger partial charge in [-0.25, -0.2) is 4.98 Å². The Hall–Kier alpha value is -2.60. The molecule has 0 radical (unpaired) electrons. The highest BCUT2D eigenvalue weighted by atomic mass is 32.1. The SMILES string of the molecule is Cc1ccc(C)c(-n2nnc3c(sc4nc(C)cc(C)c43)c2=O)c1. The van der Waals surface area contributed by atoms with E-state index in [1.807, 2.05) is 52.0 Å². The standard InChI is InChI=1S/C18H16N4OS/c1-9-5-6-10(2)13(7-9)22-18(23)16-15(20-21-22)14-11(3)8-12(4)19-17(14)24-16/h5-8H,1-4H3. The van der Waals surface area contributed by atoms with E-state index in [0.29, 0.717) is 10.2 Å². The first-order valence-electron chi connectivity index (χ1n) is 7.70. The molecule has 0 aliphatic rings. The smallest absolute Gasteiger partial charge is 0.266 e. The molecule has 0 fully saturated rings. The van der Waals surface area contributed by atoms with Gasteiger partial charge in [-0.05, 0) is 56.5 Å². The highest BCUT2D eigenvalue weighted by Gasteiger charge is 2.17. The van der Waals surface area contributed by atoms with Gasteiger partial charge in [0.2, 0.25) is 0 Å². The average molecular weight is 336 g/mol. The Balaban J connectivity index is 2.09. The molecule has 3 aromatic heterocycles. The Kier molecular flexibility index (Phi) is 3.25. The predicted molar refractivity (Wildman–Crippen MR) is 97.3 cm³/mol. The van der Waals surface area contributed by atoms with Crippen LogP contribution in [0.4, 0.5) is 0 Å². The van der Waals surface area contributed by atoms with Crippen LogP contribution >= 0.6 is 11.3 Å². The monoisotopic (exact) mass is 336 g/mol. The molecule has 4 rings (SSSR count). The second kappa shape index (κ2) is 5.21. The van der Waals surface area contributed by atoms with E-state index < -0.39 is 0 Å². The van der Waals surface area contributed by atoms with Gasteiger partial charge in [-0.3, -0.25) is 4.79 Å². The van der Waals surface area contributed by atoms with Crippen molar-refractivity contribution >= 4 is 31.8 Å². The molecule has 0 bridgehead atoms. The van der Waals surface area contributed by atoms with Crippen LogP contribution in [-0.4, -0.2) is 20.0 Å². The van der Waals surface area contributed by atoms with E-state index >= 15 is 0 Å². The topological polar surface area (TPSA) is 60.7 Å². The van der Waals surface area contributed by atoms with E-state index in [9.17, 15) is 4.79 Å². The number of nitrogens with zero attached hydrogens (tertiary/aromatic N) is 4. The normalized spacial score (nSPS) is 11.5. The van der Waals surface area contributed by atoms with Crippen LogP contribution in [0.1, 0.15) is 22.4 Å². The third-order valence-corrected chi connectivity index (χ3v) is 5.24. The third-order valence-electron chi connectivity index (χ3n) is 4.18. The highest BCUT2D eigenvalue weighted by molar-refractivity contribution is 7.25. The zero-order chi connectivity index (χ0) is 17.0. The van der Waals surface area contributed by atoms with Gasteiger partial charge >= 0.3 is 0 Å². The fourth-order valence-electron chi connectivity index (χ4n) is 2.99. The number of aromatic nitrogens is 4. The molecule has 0 saturated carbocycles. The molecule has 1 aromatic carbocycles. The Morgan fingerprint density at radius 2 is 1.83 bits per heavy atom. The van der Waals surface area contributed by atoms with Gasteiger partial charge in [0.05, 0.1) is 5.69 Å². The predicted octanol–water partition coefficient (Wildman–Crippen LogP) is 3.62. The number of pyridine rings is 1. The van der Waals surface area contributed by atoms with Gasteiger partial charge in [0.1, 0.15) is 15.0 Å². The molecule has 24 heavy (non-hydrogen) atoms. The lowest BCUT2D eigenvalue weighted by atomic mass is 10.1. The van der Waals surface area contributed by atoms with E-state index in [-0.39, 0.29) is 5.56 Å². The van der Waals surface area contributed by atoms with Crippen LogP contribution in [0.15, 0.2) is 29.1 Å². The van der Waals surface area contributed by atoms with Crippen LogP contribution in [0.5, 0.6) is 0 Å². The van der Waals surface area contributed by atoms with E-state index in [4.69, 9.17) is 0 Å². The number of thiophene rings is 1. The molecular formula is C18H16N4OS. The van der Waals surface area contributed by atoms with Crippen molar-refractivity contribution in [1.82, 2.24) is 20.0 Å². The summed E-state index contributed by atoms with van der Waals surface area (Å²) in [5.74, 6) is 0. The van der Waals surface area contributed by atoms with Gasteiger partial charge in [0.15, 0.2) is 0 Å². The Bertz CT molecular complexity index is 1170. The molecule has 0 unspecified atom stereocenters. The van der Waals surface area contributed by atoms with E-state index in [2.05, 4.69) is 15.3 Å². The summed E-state index contributed by atoms with van der Waals surface area (Å²) in [6.45, 7) is 7.93. The van der Waals surface area contributed by atoms with Gasteiger partial charge in [-0.1, -0.05) is 17.3 Å². The van der Waals surface area contributed by atoms with Gasteiger partial charge in [-0.2, -0.15) is 4.68 Å². The zero-order valence-electron chi connectivity index (χ0n) is 13.9. The zero-order valence-corrected chi connectivity index (χ0v) is 14.7. The Morgan fingerprint density at radius 1 is 1.04 bits per heavy atom. The summed E-state index contributed by atoms with van der Waals surface area (Å²) in [4.78, 5) is 18.4. The summed E-state index contributed by atoms with van der Waals surface area (Å²) >= 11 is 1.39. The molecule has 0 saturated heterocycles. The van der Waals surface area contributed by atoms with Crippen LogP contribution in [0.2, 0.25) is 0 Å². The molecule has 0 N–H and O–H groups in total. The lowest BCUT2D eigenvalue weighted by molar-refractivity contribution is 0.736. The molecule has 0 spiro atoms. The first-order chi connectivity index (χ1) is 11.5. The minimum Gasteiger partial charge on any atom is -0.266 e. The average Bonchev–Trinajstić information content (AvgIpc) is 2.90. The highest BCUT2D eigenvalue weighted by Crippen LogP contribution is 2.31. The molecule has 3 heterocycles. The summed E-state index contributed by atoms with van der Waals surface area (Å²) in [5, 5.41) is 9.48. The Morgan fingerprint density at radius 3 is 2.62 bits per heavy atom. The quantitative estimate of drug-likeness (QED) is 0.532. The third kappa shape index (κ3) is 2.14. The van der Waals surface area contributed by atoms with Crippen molar-refractivity contribution in [3.8, 4) is 5.69 Å². The summed E-state index contributed by atoms with van der Waals surface area (Å²) in [5.41, 5.74) is 5.35. The van der Waals surface area contributed by atoms with Crippen molar-refractivity contribution in [2.75, 3.05) is 0 Å². The molecule has 0 aliphatic heterocycles. The molecule has 0 aliphatic carbocycles. The number of fused-ring (bicyclic) bond motifs is 3. The summed E-state index contributed by atoms with van der Waals surface area (Å²) < 4.78 is 1.99. The molecular weight excluding hydrogens is 320 g/mol. The molecule has 120 valence electrons. The van der Waals surface area contributed by atoms with Crippen LogP contribution < -0.4 is 5.56 Å². The number of benzene rings is 1. The molecule has 0 atom stereocenters.